The van der Waals surface area contributed by atoms with E-state index >= 15 is 0 Å². The van der Waals surface area contributed by atoms with Gasteiger partial charge < -0.3 is 0 Å². The topological polar surface area (TPSA) is 23.8 Å². The number of thiocyanates is 1. The maximum absolute atomic E-state index is 8.13. The van der Waals surface area contributed by atoms with Gasteiger partial charge in [-0.3, -0.25) is 0 Å². The summed E-state index contributed by atoms with van der Waals surface area (Å²) in [6, 6.07) is 0. The van der Waals surface area contributed by atoms with Crippen LogP contribution in [-0.4, -0.2) is 11.5 Å². The Kier molecular flexibility index (Phi) is 8.38. The Balaban J connectivity index is 3.05. The summed E-state index contributed by atoms with van der Waals surface area (Å²) in [7, 11) is 0. The molecule has 0 amide bonds. The summed E-state index contributed by atoms with van der Waals surface area (Å²) in [6.45, 7) is 3.58. The van der Waals surface area contributed by atoms with Gasteiger partial charge >= 0.3 is 0 Å². The highest BCUT2D eigenvalue weighted by molar-refractivity contribution is 8.04. The lowest BCUT2D eigenvalue weighted by Gasteiger charge is -1.83. The van der Waals surface area contributed by atoms with Crippen molar-refractivity contribution in [2.75, 3.05) is 11.5 Å². The molecule has 0 aliphatic rings. The molecule has 0 spiro atoms. The molecule has 0 saturated carbocycles. The molecule has 0 N–H and O–H groups in total. The van der Waals surface area contributed by atoms with Gasteiger partial charge in [0.15, 0.2) is 0 Å². The highest BCUT2D eigenvalue weighted by atomic mass is 32.2. The number of hydrogen-bond acceptors (Lipinski definition) is 3. The van der Waals surface area contributed by atoms with Crippen LogP contribution < -0.4 is 0 Å². The van der Waals surface area contributed by atoms with Crippen LogP contribution in [0.4, 0.5) is 0 Å². The van der Waals surface area contributed by atoms with Crippen molar-refractivity contribution in [1.29, 1.82) is 5.26 Å². The predicted molar refractivity (Wildman–Crippen MR) is 49.9 cm³/mol. The highest BCUT2D eigenvalue weighted by Gasteiger charge is 1.77. The molecule has 0 bridgehead atoms. The largest absolute Gasteiger partial charge is 0.185 e. The third kappa shape index (κ3) is 7.67. The zero-order valence-corrected chi connectivity index (χ0v) is 7.25. The summed E-state index contributed by atoms with van der Waals surface area (Å²) >= 11 is 2.93. The smallest absolute Gasteiger partial charge is 0.133 e. The molecule has 10 heavy (non-hydrogen) atoms. The molecule has 54 valence electrons. The Hall–Kier alpha value is -0.330. The molecule has 0 atom stereocenters. The standard InChI is InChI=1S/C7H9NS2/c1-2-4-9-5-3-6-10-7-8/h2-3,5H,1,4,6H2. The number of hydrogen-bond donors (Lipinski definition) is 0. The Morgan fingerprint density at radius 1 is 1.50 bits per heavy atom. The van der Waals surface area contributed by atoms with E-state index in [2.05, 4.69) is 6.58 Å². The second-order valence-corrected chi connectivity index (χ2v) is 3.14. The molecule has 0 aromatic heterocycles. The van der Waals surface area contributed by atoms with Crippen LogP contribution in [0.3, 0.4) is 0 Å². The van der Waals surface area contributed by atoms with E-state index in [0.29, 0.717) is 0 Å². The minimum atomic E-state index is 0.778. The first-order chi connectivity index (χ1) is 4.91. The van der Waals surface area contributed by atoms with Crippen molar-refractivity contribution in [3.8, 4) is 5.40 Å². The molecule has 0 rings (SSSR count). The predicted octanol–water partition coefficient (Wildman–Crippen LogP) is 2.63. The van der Waals surface area contributed by atoms with E-state index in [9.17, 15) is 0 Å². The van der Waals surface area contributed by atoms with Crippen LogP contribution in [0.1, 0.15) is 0 Å². The SMILES string of the molecule is C=CCSC=CCSC#N. The molecule has 0 heterocycles. The quantitative estimate of drug-likeness (QED) is 0.361. The van der Waals surface area contributed by atoms with Gasteiger partial charge in [-0.2, -0.15) is 5.26 Å². The van der Waals surface area contributed by atoms with E-state index < -0.39 is 0 Å². The molecule has 0 aromatic rings. The van der Waals surface area contributed by atoms with Crippen LogP contribution >= 0.6 is 23.5 Å². The summed E-state index contributed by atoms with van der Waals surface area (Å²) < 4.78 is 0. The van der Waals surface area contributed by atoms with Crippen molar-refractivity contribution in [2.24, 2.45) is 0 Å². The van der Waals surface area contributed by atoms with Gasteiger partial charge in [0.25, 0.3) is 0 Å². The van der Waals surface area contributed by atoms with E-state index in [0.717, 1.165) is 11.5 Å². The van der Waals surface area contributed by atoms with Crippen LogP contribution in [0, 0.1) is 10.7 Å². The van der Waals surface area contributed by atoms with Crippen molar-refractivity contribution >= 4 is 23.5 Å². The lowest BCUT2D eigenvalue weighted by atomic mass is 10.8. The third-order valence-electron chi connectivity index (χ3n) is 0.651. The van der Waals surface area contributed by atoms with E-state index in [1.807, 2.05) is 23.0 Å². The molecule has 0 aromatic carbocycles. The van der Waals surface area contributed by atoms with Crippen LogP contribution in [0.2, 0.25) is 0 Å². The molecule has 0 saturated heterocycles. The van der Waals surface area contributed by atoms with Crippen molar-refractivity contribution in [2.45, 2.75) is 0 Å². The number of rotatable bonds is 5. The third-order valence-corrected chi connectivity index (χ3v) is 1.95. The van der Waals surface area contributed by atoms with E-state index in [1.54, 1.807) is 11.8 Å². The van der Waals surface area contributed by atoms with Gasteiger partial charge in [0.1, 0.15) is 5.40 Å². The van der Waals surface area contributed by atoms with E-state index in [-0.39, 0.29) is 0 Å². The van der Waals surface area contributed by atoms with Crippen LogP contribution in [-0.2, 0) is 0 Å². The van der Waals surface area contributed by atoms with Gasteiger partial charge in [-0.05, 0) is 17.2 Å². The van der Waals surface area contributed by atoms with E-state index in [1.165, 1.54) is 11.8 Å². The molecule has 3 heteroatoms. The Bertz CT molecular complexity index is 146. The zero-order valence-electron chi connectivity index (χ0n) is 5.62. The average molecular weight is 171 g/mol. The second-order valence-electron chi connectivity index (χ2n) is 1.40. The van der Waals surface area contributed by atoms with Crippen molar-refractivity contribution < 1.29 is 0 Å². The molecule has 0 unspecified atom stereocenters. The number of nitriles is 1. The fraction of sp³-hybridized carbons (Fsp3) is 0.286. The normalized spacial score (nSPS) is 9.50. The van der Waals surface area contributed by atoms with Crippen molar-refractivity contribution in [3.05, 3.63) is 24.1 Å². The maximum atomic E-state index is 8.13. The Morgan fingerprint density at radius 3 is 2.90 bits per heavy atom. The van der Waals surface area contributed by atoms with Crippen LogP contribution in [0.5, 0.6) is 0 Å². The first-order valence-corrected chi connectivity index (χ1v) is 4.83. The van der Waals surface area contributed by atoms with E-state index in [4.69, 9.17) is 5.26 Å². The Labute approximate surface area is 70.2 Å². The van der Waals surface area contributed by atoms with Crippen LogP contribution in [0.15, 0.2) is 24.1 Å². The van der Waals surface area contributed by atoms with Gasteiger partial charge in [-0.15, -0.1) is 18.3 Å². The summed E-state index contributed by atoms with van der Waals surface area (Å²) in [5.41, 5.74) is 0. The van der Waals surface area contributed by atoms with Gasteiger partial charge in [-0.1, -0.05) is 12.2 Å². The fourth-order valence-corrected chi connectivity index (χ4v) is 1.18. The lowest BCUT2D eigenvalue weighted by molar-refractivity contribution is 1.57. The highest BCUT2D eigenvalue weighted by Crippen LogP contribution is 2.03. The summed E-state index contributed by atoms with van der Waals surface area (Å²) in [5, 5.41) is 12.1. The summed E-state index contributed by atoms with van der Waals surface area (Å²) in [4.78, 5) is 0. The second kappa shape index (κ2) is 8.67. The first kappa shape index (κ1) is 9.67. The molecule has 0 fully saturated rings. The fourth-order valence-electron chi connectivity index (χ4n) is 0.316. The molecule has 1 nitrogen and oxygen atoms in total. The van der Waals surface area contributed by atoms with Gasteiger partial charge in [0, 0.05) is 11.5 Å². The number of nitrogens with zero attached hydrogens (tertiary/aromatic N) is 1. The van der Waals surface area contributed by atoms with Gasteiger partial charge in [-0.25, -0.2) is 0 Å². The molecular formula is C7H9NS2. The summed E-state index contributed by atoms with van der Waals surface area (Å²) in [5.74, 6) is 1.72. The maximum Gasteiger partial charge on any atom is 0.133 e. The monoisotopic (exact) mass is 171 g/mol. The molecule has 0 radical (unpaired) electrons. The lowest BCUT2D eigenvalue weighted by Crippen LogP contribution is -1.65. The van der Waals surface area contributed by atoms with Crippen molar-refractivity contribution in [3.63, 3.8) is 0 Å². The summed E-state index contributed by atoms with van der Waals surface area (Å²) in [6.07, 6.45) is 3.83. The zero-order chi connectivity index (χ0) is 7.66. The molecule has 0 aliphatic carbocycles. The molecular weight excluding hydrogens is 162 g/mol. The average Bonchev–Trinajstić information content (AvgIpc) is 1.97. The number of thioether (sulfide) groups is 2. The van der Waals surface area contributed by atoms with Gasteiger partial charge in [0.05, 0.1) is 0 Å². The Morgan fingerprint density at radius 2 is 2.30 bits per heavy atom. The molecule has 0 aliphatic heterocycles. The minimum absolute atomic E-state index is 0.778. The van der Waals surface area contributed by atoms with Crippen LogP contribution in [0.25, 0.3) is 0 Å². The first-order valence-electron chi connectivity index (χ1n) is 2.80. The van der Waals surface area contributed by atoms with Crippen molar-refractivity contribution in [1.82, 2.24) is 0 Å². The van der Waals surface area contributed by atoms with Gasteiger partial charge in [0.2, 0.25) is 0 Å². The minimum Gasteiger partial charge on any atom is -0.185 e.